The first-order valence-electron chi connectivity index (χ1n) is 5.83. The minimum Gasteiger partial charge on any atom is -0.324 e. The maximum absolute atomic E-state index is 11.9. The number of nitrogens with two attached hydrogens (primary N) is 1. The molecule has 1 aliphatic carbocycles. The normalized spacial score (nSPS) is 17.6. The molecule has 2 rings (SSSR count). The molecule has 0 saturated heterocycles. The molecule has 0 heterocycles. The van der Waals surface area contributed by atoms with Gasteiger partial charge >= 0.3 is 0 Å². The highest BCUT2D eigenvalue weighted by Gasteiger charge is 2.40. The van der Waals surface area contributed by atoms with E-state index in [1.165, 1.54) is 5.56 Å². The fraction of sp³-hybridized carbons (Fsp3) is 0.462. The van der Waals surface area contributed by atoms with E-state index in [1.807, 2.05) is 18.2 Å². The van der Waals surface area contributed by atoms with E-state index in [9.17, 15) is 4.79 Å². The van der Waals surface area contributed by atoms with Gasteiger partial charge in [-0.1, -0.05) is 19.1 Å². The van der Waals surface area contributed by atoms with Gasteiger partial charge in [-0.2, -0.15) is 0 Å². The molecule has 1 aromatic carbocycles. The summed E-state index contributed by atoms with van der Waals surface area (Å²) in [5.41, 5.74) is 7.40. The second kappa shape index (κ2) is 4.26. The molecule has 86 valence electrons. The van der Waals surface area contributed by atoms with Crippen molar-refractivity contribution in [1.29, 1.82) is 0 Å². The number of amides is 1. The first kappa shape index (κ1) is 11.1. The van der Waals surface area contributed by atoms with Crippen molar-refractivity contribution < 1.29 is 4.79 Å². The van der Waals surface area contributed by atoms with Crippen LogP contribution in [0.3, 0.4) is 0 Å². The van der Waals surface area contributed by atoms with Gasteiger partial charge in [0.05, 0.1) is 5.54 Å². The van der Waals surface area contributed by atoms with E-state index in [4.69, 9.17) is 5.73 Å². The predicted molar refractivity (Wildman–Crippen MR) is 65.2 cm³/mol. The van der Waals surface area contributed by atoms with E-state index in [2.05, 4.69) is 18.3 Å². The molecule has 0 unspecified atom stereocenters. The molecule has 16 heavy (non-hydrogen) atoms. The Bertz CT molecular complexity index is 397. The Morgan fingerprint density at radius 3 is 2.81 bits per heavy atom. The SMILES string of the molecule is CCc1cccc(NC(=O)C2(N)CCC2)c1. The maximum atomic E-state index is 11.9. The summed E-state index contributed by atoms with van der Waals surface area (Å²) >= 11 is 0. The number of benzene rings is 1. The Morgan fingerprint density at radius 1 is 1.50 bits per heavy atom. The van der Waals surface area contributed by atoms with Gasteiger partial charge in [0.15, 0.2) is 0 Å². The van der Waals surface area contributed by atoms with Crippen LogP contribution in [0.5, 0.6) is 0 Å². The summed E-state index contributed by atoms with van der Waals surface area (Å²) in [6, 6.07) is 7.91. The van der Waals surface area contributed by atoms with Crippen molar-refractivity contribution >= 4 is 11.6 Å². The monoisotopic (exact) mass is 218 g/mol. The van der Waals surface area contributed by atoms with Crippen molar-refractivity contribution in [2.75, 3.05) is 5.32 Å². The van der Waals surface area contributed by atoms with Crippen LogP contribution in [0.25, 0.3) is 0 Å². The molecule has 0 radical (unpaired) electrons. The van der Waals surface area contributed by atoms with Crippen LogP contribution in [-0.4, -0.2) is 11.4 Å². The van der Waals surface area contributed by atoms with Crippen molar-refractivity contribution in [2.24, 2.45) is 5.73 Å². The van der Waals surface area contributed by atoms with E-state index >= 15 is 0 Å². The molecule has 0 bridgehead atoms. The predicted octanol–water partition coefficient (Wildman–Crippen LogP) is 2.07. The number of nitrogens with one attached hydrogen (secondary N) is 1. The third-order valence-corrected chi connectivity index (χ3v) is 3.29. The topological polar surface area (TPSA) is 55.1 Å². The average Bonchev–Trinajstić information content (AvgIpc) is 2.26. The molecule has 0 atom stereocenters. The molecular formula is C13H18N2O. The van der Waals surface area contributed by atoms with Gasteiger partial charge in [-0.3, -0.25) is 4.79 Å². The van der Waals surface area contributed by atoms with E-state index in [0.717, 1.165) is 31.4 Å². The van der Waals surface area contributed by atoms with Gasteiger partial charge in [-0.05, 0) is 43.4 Å². The summed E-state index contributed by atoms with van der Waals surface area (Å²) in [5, 5.41) is 2.90. The third kappa shape index (κ3) is 2.09. The lowest BCUT2D eigenvalue weighted by molar-refractivity contribution is -0.123. The lowest BCUT2D eigenvalue weighted by atomic mass is 9.77. The molecule has 0 spiro atoms. The Kier molecular flexibility index (Phi) is 2.97. The first-order valence-corrected chi connectivity index (χ1v) is 5.83. The zero-order valence-corrected chi connectivity index (χ0v) is 9.62. The highest BCUT2D eigenvalue weighted by atomic mass is 16.2. The van der Waals surface area contributed by atoms with E-state index in [-0.39, 0.29) is 5.91 Å². The van der Waals surface area contributed by atoms with Crippen LogP contribution in [0, 0.1) is 0 Å². The molecular weight excluding hydrogens is 200 g/mol. The standard InChI is InChI=1S/C13H18N2O/c1-2-10-5-3-6-11(9-10)15-12(16)13(14)7-4-8-13/h3,5-6,9H,2,4,7-8,14H2,1H3,(H,15,16). The lowest BCUT2D eigenvalue weighted by Gasteiger charge is -2.36. The molecule has 1 amide bonds. The number of anilines is 1. The second-order valence-electron chi connectivity index (χ2n) is 4.52. The van der Waals surface area contributed by atoms with Crippen LogP contribution in [0.2, 0.25) is 0 Å². The number of carbonyl (C=O) groups excluding carboxylic acids is 1. The Hall–Kier alpha value is -1.35. The molecule has 3 nitrogen and oxygen atoms in total. The third-order valence-electron chi connectivity index (χ3n) is 3.29. The quantitative estimate of drug-likeness (QED) is 0.816. The van der Waals surface area contributed by atoms with Gasteiger partial charge in [0, 0.05) is 5.69 Å². The zero-order chi connectivity index (χ0) is 11.6. The first-order chi connectivity index (χ1) is 7.64. The van der Waals surface area contributed by atoms with Crippen molar-refractivity contribution in [1.82, 2.24) is 0 Å². The Labute approximate surface area is 96.0 Å². The molecule has 1 fully saturated rings. The van der Waals surface area contributed by atoms with Crippen LogP contribution in [-0.2, 0) is 11.2 Å². The highest BCUT2D eigenvalue weighted by Crippen LogP contribution is 2.30. The van der Waals surface area contributed by atoms with Crippen LogP contribution in [0.4, 0.5) is 5.69 Å². The Morgan fingerprint density at radius 2 is 2.25 bits per heavy atom. The summed E-state index contributed by atoms with van der Waals surface area (Å²) in [6.45, 7) is 2.09. The van der Waals surface area contributed by atoms with E-state index < -0.39 is 5.54 Å². The smallest absolute Gasteiger partial charge is 0.244 e. The molecule has 1 aliphatic rings. The molecule has 1 saturated carbocycles. The van der Waals surface area contributed by atoms with Crippen LogP contribution in [0.1, 0.15) is 31.7 Å². The summed E-state index contributed by atoms with van der Waals surface area (Å²) in [6.07, 6.45) is 3.62. The van der Waals surface area contributed by atoms with Crippen LogP contribution < -0.4 is 11.1 Å². The van der Waals surface area contributed by atoms with Gasteiger partial charge in [-0.25, -0.2) is 0 Å². The minimum atomic E-state index is -0.623. The van der Waals surface area contributed by atoms with Crippen molar-refractivity contribution in [2.45, 2.75) is 38.1 Å². The Balaban J connectivity index is 2.05. The number of aryl methyl sites for hydroxylation is 1. The number of rotatable bonds is 3. The summed E-state index contributed by atoms with van der Waals surface area (Å²) < 4.78 is 0. The minimum absolute atomic E-state index is 0.0491. The molecule has 0 aliphatic heterocycles. The van der Waals surface area contributed by atoms with Gasteiger partial charge in [0.25, 0.3) is 0 Å². The number of hydrogen-bond acceptors (Lipinski definition) is 2. The maximum Gasteiger partial charge on any atom is 0.244 e. The number of carbonyl (C=O) groups is 1. The van der Waals surface area contributed by atoms with Crippen LogP contribution >= 0.6 is 0 Å². The molecule has 3 heteroatoms. The molecule has 1 aromatic rings. The molecule has 0 aromatic heterocycles. The van der Waals surface area contributed by atoms with Crippen LogP contribution in [0.15, 0.2) is 24.3 Å². The van der Waals surface area contributed by atoms with E-state index in [0.29, 0.717) is 0 Å². The highest BCUT2D eigenvalue weighted by molar-refractivity contribution is 5.98. The summed E-state index contributed by atoms with van der Waals surface area (Å²) in [4.78, 5) is 11.9. The van der Waals surface area contributed by atoms with Crippen molar-refractivity contribution in [3.63, 3.8) is 0 Å². The fourth-order valence-corrected chi connectivity index (χ4v) is 1.91. The van der Waals surface area contributed by atoms with Gasteiger partial charge in [-0.15, -0.1) is 0 Å². The van der Waals surface area contributed by atoms with Crippen molar-refractivity contribution in [3.05, 3.63) is 29.8 Å². The van der Waals surface area contributed by atoms with Gasteiger partial charge in [0.2, 0.25) is 5.91 Å². The van der Waals surface area contributed by atoms with Crippen molar-refractivity contribution in [3.8, 4) is 0 Å². The van der Waals surface area contributed by atoms with E-state index in [1.54, 1.807) is 0 Å². The number of hydrogen-bond donors (Lipinski definition) is 2. The second-order valence-corrected chi connectivity index (χ2v) is 4.52. The largest absolute Gasteiger partial charge is 0.324 e. The summed E-state index contributed by atoms with van der Waals surface area (Å²) in [7, 11) is 0. The van der Waals surface area contributed by atoms with Gasteiger partial charge < -0.3 is 11.1 Å². The van der Waals surface area contributed by atoms with Gasteiger partial charge in [0.1, 0.15) is 0 Å². The lowest BCUT2D eigenvalue weighted by Crippen LogP contribution is -2.56. The fourth-order valence-electron chi connectivity index (χ4n) is 1.91. The zero-order valence-electron chi connectivity index (χ0n) is 9.62. The summed E-state index contributed by atoms with van der Waals surface area (Å²) in [5.74, 6) is -0.0491. The average molecular weight is 218 g/mol. The molecule has 3 N–H and O–H groups in total.